The largest absolute Gasteiger partial charge is 0.508 e. The number of carbonyl (C=O) groups excluding carboxylic acids is 1. The topological polar surface area (TPSA) is 120 Å². The molecule has 1 N–H and O–H groups in total. The summed E-state index contributed by atoms with van der Waals surface area (Å²) in [4.78, 5) is 32.6. The van der Waals surface area contributed by atoms with Crippen LogP contribution in [0.25, 0.3) is 28.2 Å². The highest BCUT2D eigenvalue weighted by atomic mass is 19.1. The van der Waals surface area contributed by atoms with E-state index in [4.69, 9.17) is 15.2 Å². The van der Waals surface area contributed by atoms with E-state index in [1.165, 1.54) is 0 Å². The predicted octanol–water partition coefficient (Wildman–Crippen LogP) is 3.33. The lowest BCUT2D eigenvalue weighted by Gasteiger charge is -2.40. The number of nitriles is 1. The Balaban J connectivity index is 1.50. The van der Waals surface area contributed by atoms with Crippen LogP contribution in [0.2, 0.25) is 0 Å². The maximum absolute atomic E-state index is 17.1. The second kappa shape index (κ2) is 13.9. The van der Waals surface area contributed by atoms with Gasteiger partial charge in [-0.05, 0) is 58.3 Å². The maximum Gasteiger partial charge on any atom is 0.236 e. The Kier molecular flexibility index (Phi) is 9.51. The summed E-state index contributed by atoms with van der Waals surface area (Å²) in [6, 6.07) is 12.6. The second-order valence-corrected chi connectivity index (χ2v) is 12.6. The molecular weight excluding hydrogens is 599 g/mol. The number of carbonyl (C=O) groups is 1. The number of phenolic OH excluding ortho intramolecular Hbond substituents is 1. The lowest BCUT2D eigenvalue weighted by Crippen LogP contribution is -2.51. The average molecular weight is 641 g/mol. The molecule has 5 heterocycles. The number of pyridine rings is 1. The molecule has 6 rings (SSSR count). The van der Waals surface area contributed by atoms with Gasteiger partial charge in [-0.1, -0.05) is 6.07 Å². The van der Waals surface area contributed by atoms with Crippen molar-refractivity contribution in [1.29, 1.82) is 5.26 Å². The molecule has 0 aliphatic carbocycles. The first kappa shape index (κ1) is 32.2. The molecule has 1 atom stereocenters. The number of halogens is 1. The van der Waals surface area contributed by atoms with Gasteiger partial charge < -0.3 is 29.6 Å². The molecule has 1 amide bonds. The normalized spacial score (nSPS) is 17.3. The third-order valence-corrected chi connectivity index (χ3v) is 9.03. The van der Waals surface area contributed by atoms with Crippen LogP contribution in [-0.2, 0) is 4.79 Å². The van der Waals surface area contributed by atoms with Crippen LogP contribution < -0.4 is 9.80 Å². The number of benzene rings is 1. The Morgan fingerprint density at radius 2 is 1.91 bits per heavy atom. The number of likely N-dealkylation sites (N-methyl/N-ethyl adjacent to an activating group) is 2. The Morgan fingerprint density at radius 1 is 1.11 bits per heavy atom. The van der Waals surface area contributed by atoms with E-state index in [1.54, 1.807) is 27.7 Å². The van der Waals surface area contributed by atoms with Crippen LogP contribution in [0.15, 0.2) is 48.8 Å². The number of rotatable bonds is 9. The first-order chi connectivity index (χ1) is 22.7. The molecule has 47 heavy (non-hydrogen) atoms. The first-order valence-corrected chi connectivity index (χ1v) is 16.1. The minimum absolute atomic E-state index is 0.0249. The molecule has 246 valence electrons. The fourth-order valence-corrected chi connectivity index (χ4v) is 6.41. The molecule has 0 saturated carbocycles. The van der Waals surface area contributed by atoms with E-state index in [9.17, 15) is 9.90 Å². The van der Waals surface area contributed by atoms with Gasteiger partial charge in [0.1, 0.15) is 17.9 Å². The van der Waals surface area contributed by atoms with Crippen LogP contribution in [0.4, 0.5) is 15.9 Å². The molecule has 13 heteroatoms. The molecule has 2 aliphatic rings. The standard InChI is InChI=1S/C34H41FN10O2/c1-40(2)13-18-44(25-7-6-11-43(23-25)30(47)9-10-36)34-31(35)32(38-33(39-34)28-22-37-45-12-5-4-8-29(28)45)24-19-26(21-27(46)20-24)42-16-14-41(3)15-17-42/h4-5,8,12,19-22,25,46H,6-7,9,11,13-18,23H2,1-3H3/t25-/m1/s1. The number of hydrogen-bond acceptors (Lipinski definition) is 10. The number of anilines is 2. The zero-order valence-corrected chi connectivity index (χ0v) is 27.2. The second-order valence-electron chi connectivity index (χ2n) is 12.6. The predicted molar refractivity (Wildman–Crippen MR) is 179 cm³/mol. The Bertz CT molecular complexity index is 1780. The molecule has 2 fully saturated rings. The van der Waals surface area contributed by atoms with Crippen molar-refractivity contribution in [3.63, 3.8) is 0 Å². The number of aromatic hydroxyl groups is 1. The van der Waals surface area contributed by atoms with E-state index in [1.807, 2.05) is 60.4 Å². The van der Waals surface area contributed by atoms with E-state index in [0.717, 1.165) is 50.2 Å². The van der Waals surface area contributed by atoms with Gasteiger partial charge in [-0.25, -0.2) is 18.9 Å². The van der Waals surface area contributed by atoms with Crippen LogP contribution in [0.5, 0.6) is 5.75 Å². The third kappa shape index (κ3) is 6.99. The molecule has 2 saturated heterocycles. The number of piperidine rings is 1. The van der Waals surface area contributed by atoms with Crippen LogP contribution >= 0.6 is 0 Å². The van der Waals surface area contributed by atoms with Gasteiger partial charge in [0, 0.05) is 81.9 Å². The number of aromatic nitrogens is 4. The van der Waals surface area contributed by atoms with Gasteiger partial charge >= 0.3 is 0 Å². The van der Waals surface area contributed by atoms with Crippen molar-refractivity contribution in [3.8, 4) is 34.5 Å². The minimum atomic E-state index is -0.598. The van der Waals surface area contributed by atoms with Gasteiger partial charge in [0.05, 0.1) is 23.3 Å². The zero-order valence-electron chi connectivity index (χ0n) is 27.2. The monoisotopic (exact) mass is 640 g/mol. The number of nitrogens with zero attached hydrogens (tertiary/aromatic N) is 10. The minimum Gasteiger partial charge on any atom is -0.508 e. The van der Waals surface area contributed by atoms with Gasteiger partial charge in [-0.2, -0.15) is 10.4 Å². The Morgan fingerprint density at radius 3 is 2.68 bits per heavy atom. The quantitative estimate of drug-likeness (QED) is 0.292. The van der Waals surface area contributed by atoms with Crippen molar-refractivity contribution >= 4 is 22.9 Å². The Labute approximate surface area is 274 Å². The van der Waals surface area contributed by atoms with Crippen molar-refractivity contribution in [2.75, 3.05) is 83.3 Å². The smallest absolute Gasteiger partial charge is 0.236 e. The van der Waals surface area contributed by atoms with E-state index >= 15 is 4.39 Å². The summed E-state index contributed by atoms with van der Waals surface area (Å²) in [5.74, 6) is -0.357. The zero-order chi connectivity index (χ0) is 33.1. The first-order valence-electron chi connectivity index (χ1n) is 16.1. The molecule has 12 nitrogen and oxygen atoms in total. The highest BCUT2D eigenvalue weighted by Gasteiger charge is 2.32. The lowest BCUT2D eigenvalue weighted by atomic mass is 10.0. The molecular formula is C34H41FN10O2. The highest BCUT2D eigenvalue weighted by Crippen LogP contribution is 2.37. The van der Waals surface area contributed by atoms with Gasteiger partial charge in [-0.3, -0.25) is 4.79 Å². The summed E-state index contributed by atoms with van der Waals surface area (Å²) in [6.45, 7) is 5.31. The van der Waals surface area contributed by atoms with E-state index in [2.05, 4.69) is 21.9 Å². The fourth-order valence-electron chi connectivity index (χ4n) is 6.41. The number of piperazine rings is 1. The SMILES string of the molecule is CN(C)CCN(c1nc(-c2cnn3ccccc23)nc(-c2cc(O)cc(N3CCN(C)CC3)c2)c1F)[C@@H]1CCCN(C(=O)CC#N)C1. The van der Waals surface area contributed by atoms with Crippen LogP contribution in [0.1, 0.15) is 19.3 Å². The van der Waals surface area contributed by atoms with Crippen molar-refractivity contribution < 1.29 is 14.3 Å². The van der Waals surface area contributed by atoms with Gasteiger partial charge in [0.2, 0.25) is 5.91 Å². The summed E-state index contributed by atoms with van der Waals surface area (Å²) in [5.41, 5.74) is 2.74. The highest BCUT2D eigenvalue weighted by molar-refractivity contribution is 5.80. The molecule has 0 unspecified atom stereocenters. The van der Waals surface area contributed by atoms with Crippen molar-refractivity contribution in [2.24, 2.45) is 0 Å². The summed E-state index contributed by atoms with van der Waals surface area (Å²) >= 11 is 0. The number of likely N-dealkylation sites (tertiary alicyclic amines) is 1. The summed E-state index contributed by atoms with van der Waals surface area (Å²) < 4.78 is 18.9. The third-order valence-electron chi connectivity index (χ3n) is 9.03. The van der Waals surface area contributed by atoms with E-state index in [-0.39, 0.29) is 35.6 Å². The summed E-state index contributed by atoms with van der Waals surface area (Å²) in [5, 5.41) is 24.5. The summed E-state index contributed by atoms with van der Waals surface area (Å²) in [7, 11) is 6.00. The molecule has 2 aliphatic heterocycles. The van der Waals surface area contributed by atoms with E-state index < -0.39 is 5.82 Å². The van der Waals surface area contributed by atoms with Crippen molar-refractivity contribution in [2.45, 2.75) is 25.3 Å². The molecule has 3 aromatic heterocycles. The Hall–Kier alpha value is -4.80. The van der Waals surface area contributed by atoms with Crippen LogP contribution in [0, 0.1) is 17.1 Å². The van der Waals surface area contributed by atoms with Gasteiger partial charge in [0.25, 0.3) is 0 Å². The number of amides is 1. The van der Waals surface area contributed by atoms with Crippen LogP contribution in [0.3, 0.4) is 0 Å². The molecule has 0 spiro atoms. The summed E-state index contributed by atoms with van der Waals surface area (Å²) in [6.07, 6.45) is 4.78. The van der Waals surface area contributed by atoms with Gasteiger partial charge in [-0.15, -0.1) is 0 Å². The fraction of sp³-hybridized carbons (Fsp3) is 0.441. The molecule has 0 bridgehead atoms. The number of fused-ring (bicyclic) bond motifs is 1. The molecule has 4 aromatic rings. The van der Waals surface area contributed by atoms with E-state index in [0.29, 0.717) is 43.1 Å². The van der Waals surface area contributed by atoms with Crippen LogP contribution in [-0.4, -0.2) is 125 Å². The molecule has 1 aromatic carbocycles. The maximum atomic E-state index is 17.1. The van der Waals surface area contributed by atoms with Gasteiger partial charge in [0.15, 0.2) is 17.5 Å². The van der Waals surface area contributed by atoms with Crippen molar-refractivity contribution in [3.05, 3.63) is 54.6 Å². The number of hydrogen-bond donors (Lipinski definition) is 1. The molecule has 0 radical (unpaired) electrons. The lowest BCUT2D eigenvalue weighted by molar-refractivity contribution is -0.131. The van der Waals surface area contributed by atoms with Crippen molar-refractivity contribution in [1.82, 2.24) is 34.3 Å². The average Bonchev–Trinajstić information content (AvgIpc) is 3.50. The number of phenols is 1.